The zero-order valence-electron chi connectivity index (χ0n) is 13.5. The molecule has 0 atom stereocenters. The highest BCUT2D eigenvalue weighted by Crippen LogP contribution is 2.23. The first-order chi connectivity index (χ1) is 11.5. The molecule has 0 unspecified atom stereocenters. The molecule has 4 nitrogen and oxygen atoms in total. The van der Waals surface area contributed by atoms with Gasteiger partial charge < -0.3 is 10.6 Å². The third kappa shape index (κ3) is 5.58. The van der Waals surface area contributed by atoms with Crippen LogP contribution < -0.4 is 10.6 Å². The summed E-state index contributed by atoms with van der Waals surface area (Å²) in [4.78, 5) is 25.4. The second-order valence-electron chi connectivity index (χ2n) is 5.47. The normalized spacial score (nSPS) is 10.5. The molecule has 2 aromatic carbocycles. The lowest BCUT2D eigenvalue weighted by Crippen LogP contribution is -2.31. The van der Waals surface area contributed by atoms with Crippen molar-refractivity contribution in [3.8, 4) is 0 Å². The zero-order chi connectivity index (χ0) is 17.5. The van der Waals surface area contributed by atoms with Crippen LogP contribution >= 0.6 is 23.4 Å². The van der Waals surface area contributed by atoms with Crippen molar-refractivity contribution in [2.24, 2.45) is 0 Å². The molecular formula is C18H19ClN2O2S. The Morgan fingerprint density at radius 1 is 1.12 bits per heavy atom. The predicted octanol–water partition coefficient (Wildman–Crippen LogP) is 4.21. The van der Waals surface area contributed by atoms with Crippen molar-refractivity contribution in [3.63, 3.8) is 0 Å². The summed E-state index contributed by atoms with van der Waals surface area (Å²) in [7, 11) is 0. The SMILES string of the molecule is CC(C)NC(=O)c1ccc(Cl)cc1NC(=O)CSc1ccccc1. The van der Waals surface area contributed by atoms with Crippen LogP contribution in [0.25, 0.3) is 0 Å². The molecule has 6 heteroatoms. The number of anilines is 1. The fraction of sp³-hybridized carbons (Fsp3) is 0.222. The molecule has 0 aromatic heterocycles. The smallest absolute Gasteiger partial charge is 0.253 e. The van der Waals surface area contributed by atoms with Crippen molar-refractivity contribution in [1.82, 2.24) is 5.32 Å². The number of hydrogen-bond acceptors (Lipinski definition) is 3. The molecule has 0 spiro atoms. The van der Waals surface area contributed by atoms with Crippen molar-refractivity contribution in [3.05, 3.63) is 59.1 Å². The van der Waals surface area contributed by atoms with Gasteiger partial charge in [0.25, 0.3) is 5.91 Å². The molecule has 2 amide bonds. The highest BCUT2D eigenvalue weighted by molar-refractivity contribution is 8.00. The predicted molar refractivity (Wildman–Crippen MR) is 99.8 cm³/mol. The molecule has 0 radical (unpaired) electrons. The van der Waals surface area contributed by atoms with Crippen LogP contribution in [0.4, 0.5) is 5.69 Å². The first-order valence-corrected chi connectivity index (χ1v) is 8.90. The van der Waals surface area contributed by atoms with Gasteiger partial charge in [-0.3, -0.25) is 9.59 Å². The average molecular weight is 363 g/mol. The van der Waals surface area contributed by atoms with Crippen LogP contribution in [0.3, 0.4) is 0 Å². The van der Waals surface area contributed by atoms with E-state index in [-0.39, 0.29) is 23.6 Å². The molecule has 0 saturated carbocycles. The van der Waals surface area contributed by atoms with Gasteiger partial charge in [0, 0.05) is 16.0 Å². The molecule has 0 aliphatic rings. The maximum atomic E-state index is 12.2. The van der Waals surface area contributed by atoms with E-state index >= 15 is 0 Å². The Balaban J connectivity index is 2.06. The summed E-state index contributed by atoms with van der Waals surface area (Å²) in [5.41, 5.74) is 0.811. The van der Waals surface area contributed by atoms with Gasteiger partial charge in [-0.2, -0.15) is 0 Å². The average Bonchev–Trinajstić information content (AvgIpc) is 2.53. The summed E-state index contributed by atoms with van der Waals surface area (Å²) >= 11 is 7.43. The van der Waals surface area contributed by atoms with Crippen molar-refractivity contribution >= 4 is 40.9 Å². The number of carbonyl (C=O) groups excluding carboxylic acids is 2. The third-order valence-electron chi connectivity index (χ3n) is 3.03. The number of rotatable bonds is 6. The second kappa shape index (κ2) is 8.76. The Hall–Kier alpha value is -1.98. The Bertz CT molecular complexity index is 720. The molecule has 126 valence electrons. The number of thioether (sulfide) groups is 1. The Kier molecular flexibility index (Phi) is 6.70. The molecule has 2 N–H and O–H groups in total. The molecule has 24 heavy (non-hydrogen) atoms. The van der Waals surface area contributed by atoms with E-state index in [1.807, 2.05) is 44.2 Å². The van der Waals surface area contributed by atoms with Gasteiger partial charge in [0.15, 0.2) is 0 Å². The number of amides is 2. The molecule has 0 fully saturated rings. The minimum absolute atomic E-state index is 0.00497. The van der Waals surface area contributed by atoms with Gasteiger partial charge in [-0.25, -0.2) is 0 Å². The minimum atomic E-state index is -0.243. The van der Waals surface area contributed by atoms with E-state index in [1.54, 1.807) is 18.2 Å². The first kappa shape index (κ1) is 18.4. The monoisotopic (exact) mass is 362 g/mol. The summed E-state index contributed by atoms with van der Waals surface area (Å²) in [5, 5.41) is 6.04. The molecule has 0 bridgehead atoms. The van der Waals surface area contributed by atoms with E-state index < -0.39 is 0 Å². The van der Waals surface area contributed by atoms with Crippen LogP contribution in [0, 0.1) is 0 Å². The van der Waals surface area contributed by atoms with Crippen LogP contribution in [0.2, 0.25) is 5.02 Å². The molecule has 0 heterocycles. The molecular weight excluding hydrogens is 344 g/mol. The molecule has 0 aliphatic carbocycles. The lowest BCUT2D eigenvalue weighted by Gasteiger charge is -2.13. The van der Waals surface area contributed by atoms with Crippen LogP contribution in [0.1, 0.15) is 24.2 Å². The summed E-state index contributed by atoms with van der Waals surface area (Å²) in [6.45, 7) is 3.76. The first-order valence-electron chi connectivity index (χ1n) is 7.54. The highest BCUT2D eigenvalue weighted by Gasteiger charge is 2.15. The Morgan fingerprint density at radius 2 is 1.83 bits per heavy atom. The van der Waals surface area contributed by atoms with E-state index in [0.717, 1.165) is 4.90 Å². The van der Waals surface area contributed by atoms with E-state index in [9.17, 15) is 9.59 Å². The summed E-state index contributed by atoms with van der Waals surface area (Å²) < 4.78 is 0. The zero-order valence-corrected chi connectivity index (χ0v) is 15.1. The van der Waals surface area contributed by atoms with Crippen molar-refractivity contribution < 1.29 is 9.59 Å². The maximum Gasteiger partial charge on any atom is 0.253 e. The summed E-state index contributed by atoms with van der Waals surface area (Å²) in [5.74, 6) is -0.181. The standard InChI is InChI=1S/C18H19ClN2O2S/c1-12(2)20-18(23)15-9-8-13(19)10-16(15)21-17(22)11-24-14-6-4-3-5-7-14/h3-10,12H,11H2,1-2H3,(H,20,23)(H,21,22). The van der Waals surface area contributed by atoms with Gasteiger partial charge in [0.1, 0.15) is 0 Å². The van der Waals surface area contributed by atoms with Crippen molar-refractivity contribution in [2.75, 3.05) is 11.1 Å². The number of nitrogens with one attached hydrogen (secondary N) is 2. The molecule has 0 saturated heterocycles. The molecule has 2 rings (SSSR count). The number of halogens is 1. The van der Waals surface area contributed by atoms with Gasteiger partial charge in [0.05, 0.1) is 17.0 Å². The topological polar surface area (TPSA) is 58.2 Å². The fourth-order valence-corrected chi connectivity index (χ4v) is 2.90. The van der Waals surface area contributed by atoms with Gasteiger partial charge in [-0.15, -0.1) is 11.8 Å². The van der Waals surface area contributed by atoms with Crippen LogP contribution in [0.15, 0.2) is 53.4 Å². The van der Waals surface area contributed by atoms with Gasteiger partial charge in [0.2, 0.25) is 5.91 Å². The fourth-order valence-electron chi connectivity index (χ4n) is 2.01. The minimum Gasteiger partial charge on any atom is -0.350 e. The highest BCUT2D eigenvalue weighted by atomic mass is 35.5. The van der Waals surface area contributed by atoms with Crippen LogP contribution in [0.5, 0.6) is 0 Å². The van der Waals surface area contributed by atoms with Gasteiger partial charge >= 0.3 is 0 Å². The van der Waals surface area contributed by atoms with Crippen molar-refractivity contribution in [1.29, 1.82) is 0 Å². The van der Waals surface area contributed by atoms with E-state index in [4.69, 9.17) is 11.6 Å². The quantitative estimate of drug-likeness (QED) is 0.757. The van der Waals surface area contributed by atoms with E-state index in [1.165, 1.54) is 11.8 Å². The Morgan fingerprint density at radius 3 is 2.50 bits per heavy atom. The largest absolute Gasteiger partial charge is 0.350 e. The van der Waals surface area contributed by atoms with Gasteiger partial charge in [-0.1, -0.05) is 29.8 Å². The lowest BCUT2D eigenvalue weighted by molar-refractivity contribution is -0.113. The van der Waals surface area contributed by atoms with Crippen LogP contribution in [-0.2, 0) is 4.79 Å². The van der Waals surface area contributed by atoms with Crippen LogP contribution in [-0.4, -0.2) is 23.6 Å². The molecule has 2 aromatic rings. The summed E-state index contributed by atoms with van der Waals surface area (Å²) in [6, 6.07) is 14.5. The van der Waals surface area contributed by atoms with E-state index in [0.29, 0.717) is 16.3 Å². The number of benzene rings is 2. The van der Waals surface area contributed by atoms with Crippen molar-refractivity contribution in [2.45, 2.75) is 24.8 Å². The number of hydrogen-bond donors (Lipinski definition) is 2. The lowest BCUT2D eigenvalue weighted by atomic mass is 10.1. The number of carbonyl (C=O) groups is 2. The van der Waals surface area contributed by atoms with Gasteiger partial charge in [-0.05, 0) is 44.2 Å². The summed E-state index contributed by atoms with van der Waals surface area (Å²) in [6.07, 6.45) is 0. The second-order valence-corrected chi connectivity index (χ2v) is 6.95. The third-order valence-corrected chi connectivity index (χ3v) is 4.28. The Labute approximate surface area is 151 Å². The van der Waals surface area contributed by atoms with E-state index in [2.05, 4.69) is 10.6 Å². The maximum absolute atomic E-state index is 12.2. The molecule has 0 aliphatic heterocycles.